The lowest BCUT2D eigenvalue weighted by atomic mass is 10.0. The average molecular weight is 373 g/mol. The number of hydrogen-bond donors (Lipinski definition) is 1. The number of amides is 1. The number of benzene rings is 3. The maximum atomic E-state index is 12.9. The molecule has 0 saturated heterocycles. The van der Waals surface area contributed by atoms with E-state index in [1.165, 1.54) is 6.92 Å². The summed E-state index contributed by atoms with van der Waals surface area (Å²) in [7, 11) is 0. The predicted octanol–water partition coefficient (Wildman–Crippen LogP) is 4.75. The molecule has 0 spiro atoms. The molecule has 5 heteroatoms. The minimum atomic E-state index is -0.417. The van der Waals surface area contributed by atoms with Crippen LogP contribution in [0.25, 0.3) is 21.7 Å². The number of rotatable bonds is 4. The van der Waals surface area contributed by atoms with Gasteiger partial charge in [0.15, 0.2) is 0 Å². The van der Waals surface area contributed by atoms with Crippen LogP contribution in [0.1, 0.15) is 28.6 Å². The Bertz CT molecular complexity index is 1190. The van der Waals surface area contributed by atoms with E-state index in [1.54, 1.807) is 13.0 Å². The van der Waals surface area contributed by atoms with Gasteiger partial charge in [-0.1, -0.05) is 54.6 Å². The maximum Gasteiger partial charge on any atom is 0.308 e. The smallest absolute Gasteiger partial charge is 0.308 e. The molecule has 0 aliphatic heterocycles. The Kier molecular flexibility index (Phi) is 4.57. The molecule has 0 fully saturated rings. The topological polar surface area (TPSA) is 68.5 Å². The third-order valence-corrected chi connectivity index (χ3v) is 4.61. The van der Waals surface area contributed by atoms with Gasteiger partial charge in [-0.25, -0.2) is 0 Å². The van der Waals surface area contributed by atoms with E-state index in [9.17, 15) is 9.59 Å². The van der Waals surface area contributed by atoms with E-state index >= 15 is 0 Å². The van der Waals surface area contributed by atoms with Gasteiger partial charge in [0.2, 0.25) is 0 Å². The first-order chi connectivity index (χ1) is 13.5. The lowest BCUT2D eigenvalue weighted by Crippen LogP contribution is -2.23. The van der Waals surface area contributed by atoms with E-state index in [0.29, 0.717) is 34.6 Å². The predicted molar refractivity (Wildman–Crippen MR) is 107 cm³/mol. The lowest BCUT2D eigenvalue weighted by Gasteiger charge is -2.08. The van der Waals surface area contributed by atoms with Gasteiger partial charge in [-0.2, -0.15) is 0 Å². The summed E-state index contributed by atoms with van der Waals surface area (Å²) in [5, 5.41) is 5.11. The highest BCUT2D eigenvalue weighted by Gasteiger charge is 2.22. The Labute approximate surface area is 161 Å². The number of carbonyl (C=O) groups excluding carboxylic acids is 2. The molecule has 0 atom stereocenters. The molecule has 140 valence electrons. The van der Waals surface area contributed by atoms with Crippen LogP contribution < -0.4 is 10.1 Å². The van der Waals surface area contributed by atoms with Crippen molar-refractivity contribution in [3.8, 4) is 5.75 Å². The first-order valence-corrected chi connectivity index (χ1v) is 9.00. The van der Waals surface area contributed by atoms with E-state index in [0.717, 1.165) is 16.3 Å². The molecule has 1 N–H and O–H groups in total. The number of fused-ring (bicyclic) bond motifs is 3. The molecule has 4 rings (SSSR count). The van der Waals surface area contributed by atoms with E-state index in [-0.39, 0.29) is 5.91 Å². The van der Waals surface area contributed by atoms with Gasteiger partial charge in [0.1, 0.15) is 17.1 Å². The summed E-state index contributed by atoms with van der Waals surface area (Å²) >= 11 is 0. The van der Waals surface area contributed by atoms with Crippen molar-refractivity contribution in [3.63, 3.8) is 0 Å². The Morgan fingerprint density at radius 1 is 0.964 bits per heavy atom. The van der Waals surface area contributed by atoms with Gasteiger partial charge in [-0.05, 0) is 18.6 Å². The first-order valence-electron chi connectivity index (χ1n) is 9.00. The van der Waals surface area contributed by atoms with Gasteiger partial charge in [-0.15, -0.1) is 0 Å². The van der Waals surface area contributed by atoms with Gasteiger partial charge in [0.05, 0.1) is 5.56 Å². The molecule has 3 aromatic carbocycles. The Morgan fingerprint density at radius 2 is 1.64 bits per heavy atom. The standard InChI is InChI=1S/C23H19NO4/c1-14-21(23(26)24-13-16-8-4-3-5-9-16)19-12-20(28-15(2)25)17-10-6-7-11-18(17)22(19)27-14/h3-12H,13H2,1-2H3,(H,24,26). The third kappa shape index (κ3) is 3.22. The Balaban J connectivity index is 1.80. The molecular formula is C23H19NO4. The largest absolute Gasteiger partial charge is 0.460 e. The molecular weight excluding hydrogens is 354 g/mol. The van der Waals surface area contributed by atoms with Crippen LogP contribution in [-0.2, 0) is 11.3 Å². The van der Waals surface area contributed by atoms with Crippen molar-refractivity contribution in [2.24, 2.45) is 0 Å². The summed E-state index contributed by atoms with van der Waals surface area (Å²) in [4.78, 5) is 24.5. The minimum Gasteiger partial charge on any atom is -0.460 e. The Morgan fingerprint density at radius 3 is 2.36 bits per heavy atom. The number of ether oxygens (including phenoxy) is 1. The van der Waals surface area contributed by atoms with Crippen molar-refractivity contribution in [1.29, 1.82) is 0 Å². The van der Waals surface area contributed by atoms with Crippen LogP contribution in [0.4, 0.5) is 0 Å². The molecule has 4 aromatic rings. The number of hydrogen-bond acceptors (Lipinski definition) is 4. The average Bonchev–Trinajstić information content (AvgIpc) is 3.03. The SMILES string of the molecule is CC(=O)Oc1cc2c(C(=O)NCc3ccccc3)c(C)oc2c2ccccc12. The summed E-state index contributed by atoms with van der Waals surface area (Å²) in [6.07, 6.45) is 0. The quantitative estimate of drug-likeness (QED) is 0.414. The van der Waals surface area contributed by atoms with Crippen molar-refractivity contribution in [1.82, 2.24) is 5.32 Å². The monoisotopic (exact) mass is 373 g/mol. The normalized spacial score (nSPS) is 10.9. The van der Waals surface area contributed by atoms with E-state index in [1.807, 2.05) is 54.6 Å². The van der Waals surface area contributed by atoms with Crippen molar-refractivity contribution in [3.05, 3.63) is 77.6 Å². The van der Waals surface area contributed by atoms with Crippen LogP contribution in [0.15, 0.2) is 65.1 Å². The molecule has 0 aliphatic carbocycles. The van der Waals surface area contributed by atoms with Crippen LogP contribution in [0, 0.1) is 6.92 Å². The number of esters is 1. The van der Waals surface area contributed by atoms with Crippen molar-refractivity contribution in [2.45, 2.75) is 20.4 Å². The molecule has 0 aliphatic rings. The molecule has 1 amide bonds. The van der Waals surface area contributed by atoms with Crippen LogP contribution in [0.2, 0.25) is 0 Å². The second-order valence-corrected chi connectivity index (χ2v) is 6.59. The van der Waals surface area contributed by atoms with Gasteiger partial charge in [-0.3, -0.25) is 9.59 Å². The van der Waals surface area contributed by atoms with E-state index in [4.69, 9.17) is 9.15 Å². The fourth-order valence-electron chi connectivity index (χ4n) is 3.39. The first kappa shape index (κ1) is 17.8. The maximum absolute atomic E-state index is 12.9. The molecule has 0 unspecified atom stereocenters. The van der Waals surface area contributed by atoms with Crippen molar-refractivity contribution < 1.29 is 18.7 Å². The zero-order chi connectivity index (χ0) is 19.7. The summed E-state index contributed by atoms with van der Waals surface area (Å²) < 4.78 is 11.3. The minimum absolute atomic E-state index is 0.232. The molecule has 1 heterocycles. The van der Waals surface area contributed by atoms with Crippen LogP contribution in [0.3, 0.4) is 0 Å². The van der Waals surface area contributed by atoms with Crippen LogP contribution >= 0.6 is 0 Å². The van der Waals surface area contributed by atoms with Crippen molar-refractivity contribution in [2.75, 3.05) is 0 Å². The van der Waals surface area contributed by atoms with Crippen LogP contribution in [0.5, 0.6) is 5.75 Å². The third-order valence-electron chi connectivity index (χ3n) is 4.61. The van der Waals surface area contributed by atoms with Gasteiger partial charge in [0, 0.05) is 29.6 Å². The molecule has 0 saturated carbocycles. The molecule has 28 heavy (non-hydrogen) atoms. The highest BCUT2D eigenvalue weighted by Crippen LogP contribution is 2.37. The van der Waals surface area contributed by atoms with Gasteiger partial charge in [0.25, 0.3) is 5.91 Å². The zero-order valence-corrected chi connectivity index (χ0v) is 15.6. The van der Waals surface area contributed by atoms with E-state index in [2.05, 4.69) is 5.32 Å². The molecule has 1 aromatic heterocycles. The summed E-state index contributed by atoms with van der Waals surface area (Å²) in [5.74, 6) is 0.281. The summed E-state index contributed by atoms with van der Waals surface area (Å²) in [6, 6.07) is 18.9. The zero-order valence-electron chi connectivity index (χ0n) is 15.6. The molecule has 0 bridgehead atoms. The number of nitrogens with one attached hydrogen (secondary N) is 1. The van der Waals surface area contributed by atoms with Gasteiger partial charge >= 0.3 is 5.97 Å². The Hall–Kier alpha value is -3.60. The summed E-state index contributed by atoms with van der Waals surface area (Å²) in [5.41, 5.74) is 2.06. The number of furan rings is 1. The second-order valence-electron chi connectivity index (χ2n) is 6.59. The fourth-order valence-corrected chi connectivity index (χ4v) is 3.39. The van der Waals surface area contributed by atoms with Crippen molar-refractivity contribution >= 4 is 33.6 Å². The number of aryl methyl sites for hydroxylation is 1. The highest BCUT2D eigenvalue weighted by atomic mass is 16.5. The highest BCUT2D eigenvalue weighted by molar-refractivity contribution is 6.16. The molecule has 5 nitrogen and oxygen atoms in total. The number of carbonyl (C=O) groups is 2. The van der Waals surface area contributed by atoms with Gasteiger partial charge < -0.3 is 14.5 Å². The van der Waals surface area contributed by atoms with E-state index < -0.39 is 5.97 Å². The fraction of sp³-hybridized carbons (Fsp3) is 0.130. The lowest BCUT2D eigenvalue weighted by molar-refractivity contribution is -0.131. The molecule has 0 radical (unpaired) electrons. The second kappa shape index (κ2) is 7.19. The summed E-state index contributed by atoms with van der Waals surface area (Å²) in [6.45, 7) is 3.53. The van der Waals surface area contributed by atoms with Crippen LogP contribution in [-0.4, -0.2) is 11.9 Å².